The molecule has 172 valence electrons. The number of benzene rings is 2. The summed E-state index contributed by atoms with van der Waals surface area (Å²) < 4.78 is 16.1. The highest BCUT2D eigenvalue weighted by Gasteiger charge is 2.34. The number of carbonyl (C=O) groups excluding carboxylic acids is 2. The van der Waals surface area contributed by atoms with E-state index in [1.54, 1.807) is 25.3 Å². The van der Waals surface area contributed by atoms with Crippen LogP contribution in [-0.2, 0) is 9.47 Å². The van der Waals surface area contributed by atoms with Crippen molar-refractivity contribution in [3.8, 4) is 5.75 Å². The average molecular weight is 441 g/mol. The number of hydrogen-bond donors (Lipinski definition) is 2. The summed E-state index contributed by atoms with van der Waals surface area (Å²) >= 11 is 0. The van der Waals surface area contributed by atoms with Gasteiger partial charge in [0, 0.05) is 62.0 Å². The van der Waals surface area contributed by atoms with Crippen LogP contribution in [0.4, 0.5) is 11.4 Å². The molecule has 0 aliphatic heterocycles. The van der Waals surface area contributed by atoms with Crippen molar-refractivity contribution in [3.05, 3.63) is 52.6 Å². The maximum absolute atomic E-state index is 13.5. The third-order valence-corrected chi connectivity index (χ3v) is 5.35. The Morgan fingerprint density at radius 2 is 1.28 bits per heavy atom. The number of methoxy groups -OCH3 is 1. The highest BCUT2D eigenvalue weighted by atomic mass is 16.5. The first kappa shape index (κ1) is 23.8. The molecule has 2 aromatic rings. The number of anilines is 2. The van der Waals surface area contributed by atoms with Crippen LogP contribution >= 0.6 is 0 Å². The molecule has 0 saturated carbocycles. The van der Waals surface area contributed by atoms with Crippen LogP contribution in [0, 0.1) is 0 Å². The van der Waals surface area contributed by atoms with E-state index >= 15 is 0 Å². The standard InChI is InChI=1S/C25H32N2O5/c1-4-31-14-6-12-26-20-10-11-21(27-13-7-15-32-5-2)23-22(20)24(28)18-9-8-17(30-3)16-19(18)25(23)29/h8-11,16,26-27H,4-7,12-15H2,1-3H3. The largest absolute Gasteiger partial charge is 0.497 e. The van der Waals surface area contributed by atoms with Crippen molar-refractivity contribution in [3.63, 3.8) is 0 Å². The molecule has 0 fully saturated rings. The van der Waals surface area contributed by atoms with Gasteiger partial charge in [-0.3, -0.25) is 9.59 Å². The fourth-order valence-electron chi connectivity index (χ4n) is 3.76. The van der Waals surface area contributed by atoms with E-state index in [4.69, 9.17) is 14.2 Å². The zero-order chi connectivity index (χ0) is 22.9. The summed E-state index contributed by atoms with van der Waals surface area (Å²) in [6, 6.07) is 8.74. The predicted octanol–water partition coefficient (Wildman–Crippen LogP) is 4.15. The Kier molecular flexibility index (Phi) is 8.64. The van der Waals surface area contributed by atoms with Crippen molar-refractivity contribution in [2.24, 2.45) is 0 Å². The molecule has 0 bridgehead atoms. The van der Waals surface area contributed by atoms with Crippen LogP contribution in [-0.4, -0.2) is 58.2 Å². The molecule has 0 unspecified atom stereocenters. The first-order valence-electron chi connectivity index (χ1n) is 11.2. The molecule has 2 N–H and O–H groups in total. The monoisotopic (exact) mass is 440 g/mol. The minimum Gasteiger partial charge on any atom is -0.497 e. The van der Waals surface area contributed by atoms with Crippen molar-refractivity contribution < 1.29 is 23.8 Å². The molecule has 0 spiro atoms. The molecule has 3 rings (SSSR count). The molecule has 1 aliphatic rings. The van der Waals surface area contributed by atoms with Gasteiger partial charge in [0.15, 0.2) is 11.6 Å². The van der Waals surface area contributed by atoms with Crippen LogP contribution in [0.15, 0.2) is 30.3 Å². The topological polar surface area (TPSA) is 85.9 Å². The van der Waals surface area contributed by atoms with Crippen LogP contribution in [0.1, 0.15) is 58.5 Å². The zero-order valence-corrected chi connectivity index (χ0v) is 19.1. The first-order chi connectivity index (χ1) is 15.6. The summed E-state index contributed by atoms with van der Waals surface area (Å²) in [4.78, 5) is 27.0. The lowest BCUT2D eigenvalue weighted by Gasteiger charge is -2.24. The molecule has 0 atom stereocenters. The smallest absolute Gasteiger partial charge is 0.196 e. The van der Waals surface area contributed by atoms with Crippen molar-refractivity contribution in [1.82, 2.24) is 0 Å². The van der Waals surface area contributed by atoms with Crippen molar-refractivity contribution in [2.75, 3.05) is 57.3 Å². The lowest BCUT2D eigenvalue weighted by atomic mass is 9.82. The Hall–Kier alpha value is -2.90. The highest BCUT2D eigenvalue weighted by Crippen LogP contribution is 2.37. The fourth-order valence-corrected chi connectivity index (χ4v) is 3.76. The van der Waals surface area contributed by atoms with Crippen molar-refractivity contribution in [2.45, 2.75) is 26.7 Å². The molecular weight excluding hydrogens is 408 g/mol. The molecule has 0 aromatic heterocycles. The number of fused-ring (bicyclic) bond motifs is 2. The van der Waals surface area contributed by atoms with Crippen LogP contribution < -0.4 is 15.4 Å². The molecule has 7 nitrogen and oxygen atoms in total. The SMILES string of the molecule is CCOCCCNc1ccc(NCCCOCC)c2c1C(=O)c1ccc(OC)cc1C2=O. The van der Waals surface area contributed by atoms with Crippen LogP contribution in [0.5, 0.6) is 5.75 Å². The van der Waals surface area contributed by atoms with E-state index in [1.807, 2.05) is 26.0 Å². The molecule has 7 heteroatoms. The highest BCUT2D eigenvalue weighted by molar-refractivity contribution is 6.32. The summed E-state index contributed by atoms with van der Waals surface area (Å²) in [6.45, 7) is 7.82. The molecule has 2 aromatic carbocycles. The Labute approximate surface area is 189 Å². The Balaban J connectivity index is 1.93. The summed E-state index contributed by atoms with van der Waals surface area (Å²) in [5.41, 5.74) is 2.90. The number of nitrogens with one attached hydrogen (secondary N) is 2. The maximum Gasteiger partial charge on any atom is 0.196 e. The summed E-state index contributed by atoms with van der Waals surface area (Å²) in [5, 5.41) is 6.64. The lowest BCUT2D eigenvalue weighted by molar-refractivity contribution is 0.0980. The van der Waals surface area contributed by atoms with Gasteiger partial charge in [0.25, 0.3) is 0 Å². The second-order valence-corrected chi connectivity index (χ2v) is 7.43. The van der Waals surface area contributed by atoms with Crippen molar-refractivity contribution in [1.29, 1.82) is 0 Å². The van der Waals surface area contributed by atoms with Gasteiger partial charge in [-0.15, -0.1) is 0 Å². The summed E-state index contributed by atoms with van der Waals surface area (Å²) in [6.07, 6.45) is 1.60. The van der Waals surface area contributed by atoms with Gasteiger partial charge in [0.1, 0.15) is 5.75 Å². The Morgan fingerprint density at radius 3 is 1.78 bits per heavy atom. The van der Waals surface area contributed by atoms with E-state index in [0.717, 1.165) is 12.8 Å². The van der Waals surface area contributed by atoms with E-state index < -0.39 is 0 Å². The van der Waals surface area contributed by atoms with E-state index in [0.29, 0.717) is 78.9 Å². The van der Waals surface area contributed by atoms with Crippen molar-refractivity contribution >= 4 is 22.9 Å². The maximum atomic E-state index is 13.5. The zero-order valence-electron chi connectivity index (χ0n) is 19.1. The quantitative estimate of drug-likeness (QED) is 0.386. The van der Waals surface area contributed by atoms with Crippen LogP contribution in [0.25, 0.3) is 0 Å². The number of carbonyl (C=O) groups is 2. The molecule has 0 amide bonds. The number of ether oxygens (including phenoxy) is 3. The summed E-state index contributed by atoms with van der Waals surface area (Å²) in [5.74, 6) is 0.200. The third-order valence-electron chi connectivity index (χ3n) is 5.35. The molecule has 0 heterocycles. The third kappa shape index (κ3) is 5.29. The van der Waals surface area contributed by atoms with Crippen LogP contribution in [0.2, 0.25) is 0 Å². The minimum absolute atomic E-state index is 0.164. The van der Waals surface area contributed by atoms with Gasteiger partial charge in [0.05, 0.1) is 18.2 Å². The number of ketones is 2. The van der Waals surface area contributed by atoms with Gasteiger partial charge in [-0.25, -0.2) is 0 Å². The van der Waals surface area contributed by atoms with Gasteiger partial charge in [-0.05, 0) is 57.0 Å². The minimum atomic E-state index is -0.182. The van der Waals surface area contributed by atoms with Gasteiger partial charge in [-0.1, -0.05) is 0 Å². The summed E-state index contributed by atoms with van der Waals surface area (Å²) in [7, 11) is 1.54. The van der Waals surface area contributed by atoms with Gasteiger partial charge in [-0.2, -0.15) is 0 Å². The normalized spacial score (nSPS) is 12.3. The van der Waals surface area contributed by atoms with E-state index in [9.17, 15) is 9.59 Å². The Morgan fingerprint density at radius 1 is 0.750 bits per heavy atom. The predicted molar refractivity (Wildman–Crippen MR) is 126 cm³/mol. The van der Waals surface area contributed by atoms with E-state index in [-0.39, 0.29) is 11.6 Å². The number of hydrogen-bond acceptors (Lipinski definition) is 7. The molecule has 0 saturated heterocycles. The second kappa shape index (κ2) is 11.6. The number of rotatable bonds is 13. The fraction of sp³-hybridized carbons (Fsp3) is 0.440. The van der Waals surface area contributed by atoms with E-state index in [1.165, 1.54) is 0 Å². The van der Waals surface area contributed by atoms with Gasteiger partial charge in [0.2, 0.25) is 0 Å². The lowest BCUT2D eigenvalue weighted by Crippen LogP contribution is -2.25. The first-order valence-corrected chi connectivity index (χ1v) is 11.2. The van der Waals surface area contributed by atoms with Crippen LogP contribution in [0.3, 0.4) is 0 Å². The van der Waals surface area contributed by atoms with Gasteiger partial charge >= 0.3 is 0 Å². The molecular formula is C25H32N2O5. The van der Waals surface area contributed by atoms with E-state index in [2.05, 4.69) is 10.6 Å². The Bertz CT molecular complexity index is 958. The second-order valence-electron chi connectivity index (χ2n) is 7.43. The molecule has 0 radical (unpaired) electrons. The molecule has 1 aliphatic carbocycles. The molecule has 32 heavy (non-hydrogen) atoms. The average Bonchev–Trinajstić information content (AvgIpc) is 2.82. The van der Waals surface area contributed by atoms with Gasteiger partial charge < -0.3 is 24.8 Å².